The number of hydrogen-bond acceptors (Lipinski definition) is 5. The second-order valence-corrected chi connectivity index (χ2v) is 3.64. The van der Waals surface area contributed by atoms with Crippen LogP contribution in [0.15, 0.2) is 30.3 Å². The van der Waals surface area contributed by atoms with Gasteiger partial charge < -0.3 is 9.75 Å². The van der Waals surface area contributed by atoms with Crippen molar-refractivity contribution in [3.8, 4) is 6.07 Å². The number of para-hydroxylation sites is 1. The Bertz CT molecular complexity index is 400. The van der Waals surface area contributed by atoms with Gasteiger partial charge in [-0.15, -0.1) is 0 Å². The van der Waals surface area contributed by atoms with E-state index in [4.69, 9.17) is 10.00 Å². The molecule has 0 heterocycles. The molecule has 5 nitrogen and oxygen atoms in total. The van der Waals surface area contributed by atoms with Crippen LogP contribution in [0.4, 0.5) is 5.69 Å². The molecule has 0 radical (unpaired) electrons. The maximum absolute atomic E-state index is 10.6. The van der Waals surface area contributed by atoms with Crippen LogP contribution >= 0.6 is 0 Å². The molecule has 18 heavy (non-hydrogen) atoms. The van der Waals surface area contributed by atoms with Crippen molar-refractivity contribution >= 4 is 11.7 Å². The molecule has 1 rings (SSSR count). The third-order valence-electron chi connectivity index (χ3n) is 2.23. The number of hydrogen-bond donors (Lipinski definition) is 1. The Morgan fingerprint density at radius 2 is 2.17 bits per heavy atom. The molecule has 0 fully saturated rings. The molecule has 1 aromatic carbocycles. The molecular weight excluding hydrogens is 230 g/mol. The molecule has 96 valence electrons. The molecule has 0 aliphatic carbocycles. The molecule has 0 amide bonds. The first kappa shape index (κ1) is 14.0. The van der Waals surface area contributed by atoms with Crippen LogP contribution in [-0.2, 0) is 9.53 Å². The number of carbonyl (C=O) groups is 1. The van der Waals surface area contributed by atoms with E-state index in [0.717, 1.165) is 5.69 Å². The Labute approximate surface area is 107 Å². The van der Waals surface area contributed by atoms with Gasteiger partial charge >= 0.3 is 5.97 Å². The van der Waals surface area contributed by atoms with Crippen LogP contribution < -0.4 is 10.4 Å². The van der Waals surface area contributed by atoms with Gasteiger partial charge in [0.1, 0.15) is 6.61 Å². The smallest absolute Gasteiger partial charge is 0.302 e. The molecule has 0 saturated heterocycles. The summed E-state index contributed by atoms with van der Waals surface area (Å²) in [5.74, 6) is -0.292. The maximum Gasteiger partial charge on any atom is 0.302 e. The van der Waals surface area contributed by atoms with E-state index in [2.05, 4.69) is 11.5 Å². The summed E-state index contributed by atoms with van der Waals surface area (Å²) in [6, 6.07) is 11.8. The van der Waals surface area contributed by atoms with Gasteiger partial charge in [0.2, 0.25) is 0 Å². The summed E-state index contributed by atoms with van der Waals surface area (Å²) in [5, 5.41) is 10.5. The first-order chi connectivity index (χ1) is 8.74. The van der Waals surface area contributed by atoms with Gasteiger partial charge in [-0.05, 0) is 12.1 Å². The van der Waals surface area contributed by atoms with E-state index >= 15 is 0 Å². The van der Waals surface area contributed by atoms with Crippen molar-refractivity contribution in [3.05, 3.63) is 30.3 Å². The topological polar surface area (TPSA) is 65.4 Å². The zero-order valence-corrected chi connectivity index (χ0v) is 10.4. The van der Waals surface area contributed by atoms with Crippen LogP contribution in [0.1, 0.15) is 13.3 Å². The third-order valence-corrected chi connectivity index (χ3v) is 2.23. The number of hydrazine groups is 1. The highest BCUT2D eigenvalue weighted by Gasteiger charge is 2.04. The number of ether oxygens (including phenoxy) is 1. The summed E-state index contributed by atoms with van der Waals surface area (Å²) in [6.07, 6.45) is 0.426. The Morgan fingerprint density at radius 1 is 1.44 bits per heavy atom. The normalized spacial score (nSPS) is 9.56. The van der Waals surface area contributed by atoms with Gasteiger partial charge in [-0.1, -0.05) is 18.2 Å². The summed E-state index contributed by atoms with van der Waals surface area (Å²) in [4.78, 5) is 10.6. The van der Waals surface area contributed by atoms with E-state index in [-0.39, 0.29) is 5.97 Å². The Morgan fingerprint density at radius 3 is 2.78 bits per heavy atom. The van der Waals surface area contributed by atoms with Crippen LogP contribution in [0.3, 0.4) is 0 Å². The van der Waals surface area contributed by atoms with Crippen molar-refractivity contribution < 1.29 is 9.53 Å². The number of rotatable bonds is 7. The molecule has 0 atom stereocenters. The summed E-state index contributed by atoms with van der Waals surface area (Å²) in [5.41, 5.74) is 4.11. The number of nitrogens with one attached hydrogen (secondary N) is 1. The second kappa shape index (κ2) is 8.09. The van der Waals surface area contributed by atoms with Crippen LogP contribution in [0.5, 0.6) is 0 Å². The zero-order valence-electron chi connectivity index (χ0n) is 10.4. The number of nitrogens with zero attached hydrogens (tertiary/aromatic N) is 2. The van der Waals surface area contributed by atoms with Gasteiger partial charge in [0.15, 0.2) is 0 Å². The van der Waals surface area contributed by atoms with Crippen LogP contribution in [0.25, 0.3) is 0 Å². The fourth-order valence-electron chi connectivity index (χ4n) is 1.44. The summed E-state index contributed by atoms with van der Waals surface area (Å²) < 4.78 is 4.84. The molecule has 1 N–H and O–H groups in total. The van der Waals surface area contributed by atoms with Crippen LogP contribution in [0.2, 0.25) is 0 Å². The molecule has 0 saturated carbocycles. The lowest BCUT2D eigenvalue weighted by Gasteiger charge is -2.24. The number of nitriles is 1. The first-order valence-electron chi connectivity index (χ1n) is 5.80. The zero-order chi connectivity index (χ0) is 13.2. The van der Waals surface area contributed by atoms with Crippen molar-refractivity contribution in [1.29, 1.82) is 5.26 Å². The minimum absolute atomic E-state index is 0.292. The summed E-state index contributed by atoms with van der Waals surface area (Å²) in [6.45, 7) is 2.79. The minimum atomic E-state index is -0.292. The lowest BCUT2D eigenvalue weighted by atomic mass is 10.3. The number of esters is 1. The molecule has 0 unspecified atom stereocenters. The minimum Gasteiger partial charge on any atom is -0.464 e. The highest BCUT2D eigenvalue weighted by molar-refractivity contribution is 5.65. The highest BCUT2D eigenvalue weighted by Crippen LogP contribution is 2.10. The molecule has 0 aromatic heterocycles. The number of carbonyl (C=O) groups excluding carboxylic acids is 1. The van der Waals surface area contributed by atoms with Crippen molar-refractivity contribution in [1.82, 2.24) is 5.43 Å². The fraction of sp³-hybridized carbons (Fsp3) is 0.385. The lowest BCUT2D eigenvalue weighted by molar-refractivity contribution is -0.140. The summed E-state index contributed by atoms with van der Waals surface area (Å²) in [7, 11) is 0. The number of anilines is 1. The van der Waals surface area contributed by atoms with Gasteiger partial charge in [0, 0.05) is 20.0 Å². The quantitative estimate of drug-likeness (QED) is 0.449. The van der Waals surface area contributed by atoms with Crippen LogP contribution in [-0.4, -0.2) is 25.7 Å². The van der Waals surface area contributed by atoms with Crippen molar-refractivity contribution in [2.45, 2.75) is 13.3 Å². The van der Waals surface area contributed by atoms with Crippen molar-refractivity contribution in [2.75, 3.05) is 24.7 Å². The van der Waals surface area contributed by atoms with E-state index in [1.807, 2.05) is 35.3 Å². The van der Waals surface area contributed by atoms with Gasteiger partial charge in [-0.25, -0.2) is 5.43 Å². The molecule has 0 aliphatic rings. The van der Waals surface area contributed by atoms with E-state index < -0.39 is 0 Å². The van der Waals surface area contributed by atoms with E-state index in [0.29, 0.717) is 26.1 Å². The first-order valence-corrected chi connectivity index (χ1v) is 5.80. The summed E-state index contributed by atoms with van der Waals surface area (Å²) >= 11 is 0. The van der Waals surface area contributed by atoms with Gasteiger partial charge in [-0.2, -0.15) is 5.26 Å². The monoisotopic (exact) mass is 247 g/mol. The average molecular weight is 247 g/mol. The maximum atomic E-state index is 10.6. The standard InChI is InChI=1S/C13H17N3O2/c1-12(17)18-11-9-15-16(10-5-8-14)13-6-3-2-4-7-13/h2-4,6-7,15H,5,9-11H2,1H3. The lowest BCUT2D eigenvalue weighted by Crippen LogP contribution is -2.40. The highest BCUT2D eigenvalue weighted by atomic mass is 16.5. The van der Waals surface area contributed by atoms with E-state index in [1.165, 1.54) is 6.92 Å². The van der Waals surface area contributed by atoms with Gasteiger partial charge in [-0.3, -0.25) is 4.79 Å². The Kier molecular flexibility index (Phi) is 6.30. The molecule has 0 aliphatic heterocycles. The number of benzene rings is 1. The SMILES string of the molecule is CC(=O)OCCNN(CCC#N)c1ccccc1. The van der Waals surface area contributed by atoms with E-state index in [9.17, 15) is 4.79 Å². The molecule has 0 spiro atoms. The van der Waals surface area contributed by atoms with Crippen molar-refractivity contribution in [2.24, 2.45) is 0 Å². The fourth-order valence-corrected chi connectivity index (χ4v) is 1.44. The molecule has 5 heteroatoms. The van der Waals surface area contributed by atoms with Crippen LogP contribution in [0, 0.1) is 11.3 Å². The van der Waals surface area contributed by atoms with E-state index in [1.54, 1.807) is 0 Å². The Balaban J connectivity index is 2.46. The molecule has 1 aromatic rings. The second-order valence-electron chi connectivity index (χ2n) is 3.64. The predicted molar refractivity (Wildman–Crippen MR) is 68.7 cm³/mol. The molecule has 0 bridgehead atoms. The third kappa shape index (κ3) is 5.32. The van der Waals surface area contributed by atoms with Gasteiger partial charge in [0.25, 0.3) is 0 Å². The van der Waals surface area contributed by atoms with Crippen molar-refractivity contribution in [3.63, 3.8) is 0 Å². The van der Waals surface area contributed by atoms with Gasteiger partial charge in [0.05, 0.1) is 18.2 Å². The predicted octanol–water partition coefficient (Wildman–Crippen LogP) is 1.47. The largest absolute Gasteiger partial charge is 0.464 e. The molecular formula is C13H17N3O2. The Hall–Kier alpha value is -2.06. The average Bonchev–Trinajstić information content (AvgIpc) is 2.38.